The molecule has 0 radical (unpaired) electrons. The second-order valence-corrected chi connectivity index (χ2v) is 7.07. The van der Waals surface area contributed by atoms with E-state index in [1.54, 1.807) is 0 Å². The molecule has 0 spiro atoms. The minimum atomic E-state index is -0.0269. The van der Waals surface area contributed by atoms with Gasteiger partial charge in [-0.25, -0.2) is 9.97 Å². The first-order valence-corrected chi connectivity index (χ1v) is 8.31. The third-order valence-corrected chi connectivity index (χ3v) is 3.99. The van der Waals surface area contributed by atoms with Crippen LogP contribution in [0, 0.1) is 6.92 Å². The standard InChI is InChI=1S/C17H30N4/c1-6-10-18-14-13(2)15(21-11-8-7-9-12-21)20-16(19-14)17(3,4)5/h6-12H2,1-5H3,(H,18,19,20). The summed E-state index contributed by atoms with van der Waals surface area (Å²) in [6, 6.07) is 0. The second kappa shape index (κ2) is 6.63. The Morgan fingerprint density at radius 3 is 2.33 bits per heavy atom. The van der Waals surface area contributed by atoms with E-state index in [2.05, 4.69) is 44.8 Å². The van der Waals surface area contributed by atoms with Crippen LogP contribution < -0.4 is 10.2 Å². The minimum absolute atomic E-state index is 0.0269. The van der Waals surface area contributed by atoms with Crippen LogP contribution in [0.2, 0.25) is 0 Å². The number of anilines is 2. The SMILES string of the molecule is CCCNc1nc(C(C)(C)C)nc(N2CCCCC2)c1C. The van der Waals surface area contributed by atoms with Gasteiger partial charge in [-0.05, 0) is 32.6 Å². The van der Waals surface area contributed by atoms with Crippen LogP contribution in [0.3, 0.4) is 0 Å². The Balaban J connectivity index is 2.41. The second-order valence-electron chi connectivity index (χ2n) is 7.07. The van der Waals surface area contributed by atoms with Crippen LogP contribution in [0.1, 0.15) is 64.8 Å². The average molecular weight is 290 g/mol. The largest absolute Gasteiger partial charge is 0.370 e. The first-order chi connectivity index (χ1) is 9.93. The molecule has 0 aliphatic carbocycles. The zero-order valence-corrected chi connectivity index (χ0v) is 14.3. The van der Waals surface area contributed by atoms with Gasteiger partial charge in [0, 0.05) is 30.6 Å². The maximum atomic E-state index is 4.91. The molecule has 1 aliphatic heterocycles. The van der Waals surface area contributed by atoms with Crippen molar-refractivity contribution in [2.75, 3.05) is 29.9 Å². The highest BCUT2D eigenvalue weighted by Crippen LogP contribution is 2.30. The molecule has 1 aliphatic rings. The first kappa shape index (κ1) is 16.1. The van der Waals surface area contributed by atoms with E-state index in [4.69, 9.17) is 9.97 Å². The highest BCUT2D eigenvalue weighted by molar-refractivity contribution is 5.59. The fourth-order valence-electron chi connectivity index (χ4n) is 2.67. The van der Waals surface area contributed by atoms with Crippen molar-refractivity contribution < 1.29 is 0 Å². The number of hydrogen-bond acceptors (Lipinski definition) is 4. The van der Waals surface area contributed by atoms with Gasteiger partial charge in [0.15, 0.2) is 0 Å². The average Bonchev–Trinajstić information content (AvgIpc) is 2.46. The van der Waals surface area contributed by atoms with Crippen LogP contribution in [0.5, 0.6) is 0 Å². The molecule has 0 aromatic carbocycles. The van der Waals surface area contributed by atoms with Crippen LogP contribution in [-0.2, 0) is 5.41 Å². The number of aromatic nitrogens is 2. The van der Waals surface area contributed by atoms with Crippen LogP contribution in [0.4, 0.5) is 11.6 Å². The lowest BCUT2D eigenvalue weighted by Crippen LogP contribution is -2.32. The lowest BCUT2D eigenvalue weighted by atomic mass is 9.95. The van der Waals surface area contributed by atoms with Gasteiger partial charge in [-0.3, -0.25) is 0 Å². The Kier molecular flexibility index (Phi) is 5.07. The number of piperidine rings is 1. The molecule has 1 fully saturated rings. The number of nitrogens with one attached hydrogen (secondary N) is 1. The highest BCUT2D eigenvalue weighted by atomic mass is 15.2. The van der Waals surface area contributed by atoms with E-state index in [-0.39, 0.29) is 5.41 Å². The van der Waals surface area contributed by atoms with E-state index in [0.717, 1.165) is 43.5 Å². The van der Waals surface area contributed by atoms with Gasteiger partial charge in [0.1, 0.15) is 17.5 Å². The van der Waals surface area contributed by atoms with Gasteiger partial charge in [-0.1, -0.05) is 27.7 Å². The molecule has 2 heterocycles. The summed E-state index contributed by atoms with van der Waals surface area (Å²) in [5, 5.41) is 3.48. The molecular weight excluding hydrogens is 260 g/mol. The summed E-state index contributed by atoms with van der Waals surface area (Å²) in [4.78, 5) is 12.1. The van der Waals surface area contributed by atoms with Gasteiger partial charge in [-0.2, -0.15) is 0 Å². The van der Waals surface area contributed by atoms with E-state index in [0.29, 0.717) is 0 Å². The van der Waals surface area contributed by atoms with Crippen molar-refractivity contribution in [3.63, 3.8) is 0 Å². The summed E-state index contributed by atoms with van der Waals surface area (Å²) in [5.41, 5.74) is 1.17. The van der Waals surface area contributed by atoms with Gasteiger partial charge >= 0.3 is 0 Å². The third kappa shape index (κ3) is 3.86. The van der Waals surface area contributed by atoms with Crippen LogP contribution >= 0.6 is 0 Å². The molecule has 4 heteroatoms. The van der Waals surface area contributed by atoms with Gasteiger partial charge in [0.05, 0.1) is 0 Å². The van der Waals surface area contributed by atoms with Crippen molar-refractivity contribution in [3.05, 3.63) is 11.4 Å². The lowest BCUT2D eigenvalue weighted by molar-refractivity contribution is 0.535. The maximum Gasteiger partial charge on any atom is 0.138 e. The molecule has 0 atom stereocenters. The predicted molar refractivity (Wildman–Crippen MR) is 90.3 cm³/mol. The molecule has 0 unspecified atom stereocenters. The van der Waals surface area contributed by atoms with Crippen molar-refractivity contribution >= 4 is 11.6 Å². The van der Waals surface area contributed by atoms with Crippen molar-refractivity contribution in [3.8, 4) is 0 Å². The molecule has 1 aromatic heterocycles. The van der Waals surface area contributed by atoms with E-state index in [1.807, 2.05) is 0 Å². The summed E-state index contributed by atoms with van der Waals surface area (Å²) in [7, 11) is 0. The molecule has 0 saturated carbocycles. The van der Waals surface area contributed by atoms with Crippen molar-refractivity contribution in [1.82, 2.24) is 9.97 Å². The van der Waals surface area contributed by atoms with Crippen LogP contribution in [0.15, 0.2) is 0 Å². The molecule has 2 rings (SSSR count). The zero-order chi connectivity index (χ0) is 15.5. The Morgan fingerprint density at radius 2 is 1.76 bits per heavy atom. The molecular formula is C17H30N4. The van der Waals surface area contributed by atoms with Gasteiger partial charge in [0.2, 0.25) is 0 Å². The Hall–Kier alpha value is -1.32. The van der Waals surface area contributed by atoms with E-state index < -0.39 is 0 Å². The molecule has 0 amide bonds. The summed E-state index contributed by atoms with van der Waals surface area (Å²) in [5.74, 6) is 3.08. The van der Waals surface area contributed by atoms with E-state index >= 15 is 0 Å². The summed E-state index contributed by atoms with van der Waals surface area (Å²) >= 11 is 0. The van der Waals surface area contributed by atoms with E-state index in [9.17, 15) is 0 Å². The highest BCUT2D eigenvalue weighted by Gasteiger charge is 2.24. The van der Waals surface area contributed by atoms with Crippen molar-refractivity contribution in [1.29, 1.82) is 0 Å². The normalized spacial score (nSPS) is 16.1. The van der Waals surface area contributed by atoms with Gasteiger partial charge < -0.3 is 10.2 Å². The van der Waals surface area contributed by atoms with Gasteiger partial charge in [-0.15, -0.1) is 0 Å². The lowest BCUT2D eigenvalue weighted by Gasteiger charge is -2.31. The zero-order valence-electron chi connectivity index (χ0n) is 14.3. The predicted octanol–water partition coefficient (Wildman–Crippen LogP) is 3.89. The van der Waals surface area contributed by atoms with Crippen molar-refractivity contribution in [2.45, 2.75) is 65.7 Å². The number of nitrogens with zero attached hydrogens (tertiary/aromatic N) is 3. The van der Waals surface area contributed by atoms with E-state index in [1.165, 1.54) is 24.8 Å². The molecule has 1 saturated heterocycles. The van der Waals surface area contributed by atoms with Crippen molar-refractivity contribution in [2.24, 2.45) is 0 Å². The summed E-state index contributed by atoms with van der Waals surface area (Å²) < 4.78 is 0. The quantitative estimate of drug-likeness (QED) is 0.913. The van der Waals surface area contributed by atoms with Crippen LogP contribution in [-0.4, -0.2) is 29.6 Å². The number of hydrogen-bond donors (Lipinski definition) is 1. The minimum Gasteiger partial charge on any atom is -0.370 e. The van der Waals surface area contributed by atoms with Crippen LogP contribution in [0.25, 0.3) is 0 Å². The monoisotopic (exact) mass is 290 g/mol. The molecule has 1 N–H and O–H groups in total. The fraction of sp³-hybridized carbons (Fsp3) is 0.765. The molecule has 21 heavy (non-hydrogen) atoms. The smallest absolute Gasteiger partial charge is 0.138 e. The molecule has 118 valence electrons. The molecule has 1 aromatic rings. The topological polar surface area (TPSA) is 41.1 Å². The van der Waals surface area contributed by atoms with Gasteiger partial charge in [0.25, 0.3) is 0 Å². The Bertz CT molecular complexity index is 470. The Morgan fingerprint density at radius 1 is 1.10 bits per heavy atom. The molecule has 0 bridgehead atoms. The molecule has 4 nitrogen and oxygen atoms in total. The number of rotatable bonds is 4. The third-order valence-electron chi connectivity index (χ3n) is 3.99. The maximum absolute atomic E-state index is 4.91. The fourth-order valence-corrected chi connectivity index (χ4v) is 2.67. The first-order valence-electron chi connectivity index (χ1n) is 8.31. The Labute approximate surface area is 129 Å². The summed E-state index contributed by atoms with van der Waals surface area (Å²) in [6.45, 7) is 14.1. The summed E-state index contributed by atoms with van der Waals surface area (Å²) in [6.07, 6.45) is 4.99.